The number of benzene rings is 1. The number of hydrogen-bond acceptors (Lipinski definition) is 2. The highest BCUT2D eigenvalue weighted by atomic mass is 16.2. The van der Waals surface area contributed by atoms with E-state index < -0.39 is 0 Å². The largest absolute Gasteiger partial charge is 0.325 e. The molecule has 1 rings (SSSR count). The second-order valence-electron chi connectivity index (χ2n) is 5.89. The first-order chi connectivity index (χ1) is 9.42. The molecule has 0 aliphatic rings. The maximum atomic E-state index is 12.1. The monoisotopic (exact) mass is 276 g/mol. The second kappa shape index (κ2) is 8.05. The Morgan fingerprint density at radius 1 is 1.15 bits per heavy atom. The number of carbonyl (C=O) groups excluding carboxylic acids is 1. The van der Waals surface area contributed by atoms with E-state index in [1.165, 1.54) is 12.0 Å². The minimum absolute atomic E-state index is 0.0184. The van der Waals surface area contributed by atoms with Gasteiger partial charge in [-0.3, -0.25) is 4.79 Å². The summed E-state index contributed by atoms with van der Waals surface area (Å²) in [5.41, 5.74) is 2.04. The number of carbonyl (C=O) groups is 1. The van der Waals surface area contributed by atoms with Crippen molar-refractivity contribution in [2.45, 2.75) is 59.5 Å². The fraction of sp³-hybridized carbons (Fsp3) is 0.588. The highest BCUT2D eigenvalue weighted by Crippen LogP contribution is 2.11. The minimum Gasteiger partial charge on any atom is -0.325 e. The van der Waals surface area contributed by atoms with Gasteiger partial charge in [0.25, 0.3) is 0 Å². The smallest absolute Gasteiger partial charge is 0.241 e. The van der Waals surface area contributed by atoms with E-state index in [0.717, 1.165) is 12.1 Å². The maximum Gasteiger partial charge on any atom is 0.241 e. The predicted molar refractivity (Wildman–Crippen MR) is 85.9 cm³/mol. The van der Waals surface area contributed by atoms with Gasteiger partial charge in [-0.15, -0.1) is 0 Å². The molecule has 0 spiro atoms. The van der Waals surface area contributed by atoms with Gasteiger partial charge >= 0.3 is 0 Å². The molecule has 112 valence electrons. The average Bonchev–Trinajstić information content (AvgIpc) is 2.40. The molecule has 1 aromatic carbocycles. The Bertz CT molecular complexity index is 414. The van der Waals surface area contributed by atoms with Crippen molar-refractivity contribution in [1.29, 1.82) is 0 Å². The van der Waals surface area contributed by atoms with E-state index in [9.17, 15) is 4.79 Å². The van der Waals surface area contributed by atoms with Crippen LogP contribution in [0, 0.1) is 12.8 Å². The van der Waals surface area contributed by atoms with Gasteiger partial charge in [-0.05, 0) is 45.2 Å². The van der Waals surface area contributed by atoms with Crippen LogP contribution in [-0.4, -0.2) is 18.0 Å². The van der Waals surface area contributed by atoms with Crippen LogP contribution in [0.4, 0.5) is 5.69 Å². The zero-order valence-electron chi connectivity index (χ0n) is 13.4. The number of nitrogens with one attached hydrogen (secondary N) is 2. The van der Waals surface area contributed by atoms with Gasteiger partial charge in [0, 0.05) is 11.7 Å². The fourth-order valence-corrected chi connectivity index (χ4v) is 2.23. The molecule has 0 fully saturated rings. The van der Waals surface area contributed by atoms with Crippen molar-refractivity contribution in [3.63, 3.8) is 0 Å². The standard InChI is InChI=1S/C17H28N2O/c1-6-12(2)11-14(4)18-15(5)17(20)19-16-9-7-13(3)8-10-16/h7-10,12,14-15,18H,6,11H2,1-5H3,(H,19,20). The van der Waals surface area contributed by atoms with Crippen molar-refractivity contribution in [3.05, 3.63) is 29.8 Å². The number of anilines is 1. The molecule has 1 amide bonds. The van der Waals surface area contributed by atoms with Crippen LogP contribution < -0.4 is 10.6 Å². The molecule has 3 heteroatoms. The van der Waals surface area contributed by atoms with Crippen molar-refractivity contribution in [3.8, 4) is 0 Å². The average molecular weight is 276 g/mol. The van der Waals surface area contributed by atoms with Crippen LogP contribution in [-0.2, 0) is 4.79 Å². The Morgan fingerprint density at radius 3 is 2.30 bits per heavy atom. The van der Waals surface area contributed by atoms with Gasteiger partial charge in [0.05, 0.1) is 6.04 Å². The Morgan fingerprint density at radius 2 is 1.75 bits per heavy atom. The molecular formula is C17H28N2O. The minimum atomic E-state index is -0.185. The van der Waals surface area contributed by atoms with Gasteiger partial charge < -0.3 is 10.6 Å². The molecule has 3 unspecified atom stereocenters. The quantitative estimate of drug-likeness (QED) is 0.796. The third-order valence-corrected chi connectivity index (χ3v) is 3.70. The number of rotatable bonds is 7. The summed E-state index contributed by atoms with van der Waals surface area (Å²) in [6, 6.07) is 8.03. The first-order valence-corrected chi connectivity index (χ1v) is 7.56. The van der Waals surface area contributed by atoms with Crippen LogP contribution >= 0.6 is 0 Å². The number of amides is 1. The topological polar surface area (TPSA) is 41.1 Å². The number of aryl methyl sites for hydroxylation is 1. The Kier molecular flexibility index (Phi) is 6.73. The van der Waals surface area contributed by atoms with Crippen LogP contribution in [0.2, 0.25) is 0 Å². The zero-order valence-corrected chi connectivity index (χ0v) is 13.4. The van der Waals surface area contributed by atoms with Crippen LogP contribution in [0.25, 0.3) is 0 Å². The van der Waals surface area contributed by atoms with Gasteiger partial charge in [0.1, 0.15) is 0 Å². The molecule has 20 heavy (non-hydrogen) atoms. The lowest BCUT2D eigenvalue weighted by Crippen LogP contribution is -2.43. The second-order valence-corrected chi connectivity index (χ2v) is 5.89. The number of hydrogen-bond donors (Lipinski definition) is 2. The third-order valence-electron chi connectivity index (χ3n) is 3.70. The van der Waals surface area contributed by atoms with Crippen molar-refractivity contribution < 1.29 is 4.79 Å². The molecule has 1 aromatic rings. The summed E-state index contributed by atoms with van der Waals surface area (Å²) in [6.45, 7) is 10.5. The molecule has 0 bridgehead atoms. The molecule has 0 aliphatic carbocycles. The SMILES string of the molecule is CCC(C)CC(C)NC(C)C(=O)Nc1ccc(C)cc1. The van der Waals surface area contributed by atoms with Gasteiger partial charge in [-0.2, -0.15) is 0 Å². The first-order valence-electron chi connectivity index (χ1n) is 7.56. The maximum absolute atomic E-state index is 12.1. The van der Waals surface area contributed by atoms with Crippen molar-refractivity contribution >= 4 is 11.6 Å². The molecule has 2 N–H and O–H groups in total. The Hall–Kier alpha value is -1.35. The third kappa shape index (κ3) is 5.74. The lowest BCUT2D eigenvalue weighted by molar-refractivity contribution is -0.118. The van der Waals surface area contributed by atoms with E-state index >= 15 is 0 Å². The van der Waals surface area contributed by atoms with Gasteiger partial charge in [-0.25, -0.2) is 0 Å². The summed E-state index contributed by atoms with van der Waals surface area (Å²) in [5.74, 6) is 0.703. The van der Waals surface area contributed by atoms with E-state index in [2.05, 4.69) is 31.4 Å². The summed E-state index contributed by atoms with van der Waals surface area (Å²) in [4.78, 5) is 12.1. The molecule has 0 saturated carbocycles. The summed E-state index contributed by atoms with van der Waals surface area (Å²) in [7, 11) is 0. The molecule has 0 aromatic heterocycles. The van der Waals surface area contributed by atoms with Crippen LogP contribution in [0.1, 0.15) is 46.1 Å². The molecule has 0 heterocycles. The Labute approximate surface area is 123 Å². The lowest BCUT2D eigenvalue weighted by Gasteiger charge is -2.22. The van der Waals surface area contributed by atoms with Gasteiger partial charge in [0.2, 0.25) is 5.91 Å². The zero-order chi connectivity index (χ0) is 15.1. The first kappa shape index (κ1) is 16.7. The van der Waals surface area contributed by atoms with Gasteiger partial charge in [0.15, 0.2) is 0 Å². The highest BCUT2D eigenvalue weighted by Gasteiger charge is 2.16. The Balaban J connectivity index is 2.44. The van der Waals surface area contributed by atoms with E-state index in [0.29, 0.717) is 12.0 Å². The van der Waals surface area contributed by atoms with Crippen LogP contribution in [0.3, 0.4) is 0 Å². The molecule has 0 saturated heterocycles. The molecular weight excluding hydrogens is 248 g/mol. The highest BCUT2D eigenvalue weighted by molar-refractivity contribution is 5.94. The van der Waals surface area contributed by atoms with E-state index in [1.807, 2.05) is 38.1 Å². The van der Waals surface area contributed by atoms with Crippen LogP contribution in [0.15, 0.2) is 24.3 Å². The predicted octanol–water partition coefficient (Wildman–Crippen LogP) is 3.74. The molecule has 0 radical (unpaired) electrons. The summed E-state index contributed by atoms with van der Waals surface area (Å²) in [5, 5.41) is 6.30. The normalized spacial score (nSPS) is 15.4. The van der Waals surface area contributed by atoms with Crippen molar-refractivity contribution in [2.24, 2.45) is 5.92 Å². The molecule has 3 atom stereocenters. The molecule has 3 nitrogen and oxygen atoms in total. The van der Waals surface area contributed by atoms with Crippen molar-refractivity contribution in [1.82, 2.24) is 5.32 Å². The van der Waals surface area contributed by atoms with E-state index in [-0.39, 0.29) is 11.9 Å². The van der Waals surface area contributed by atoms with E-state index in [4.69, 9.17) is 0 Å². The summed E-state index contributed by atoms with van der Waals surface area (Å²) in [6.07, 6.45) is 2.27. The van der Waals surface area contributed by atoms with E-state index in [1.54, 1.807) is 0 Å². The summed E-state index contributed by atoms with van der Waals surface area (Å²) >= 11 is 0. The van der Waals surface area contributed by atoms with Gasteiger partial charge in [-0.1, -0.05) is 38.0 Å². The fourth-order valence-electron chi connectivity index (χ4n) is 2.23. The van der Waals surface area contributed by atoms with Crippen molar-refractivity contribution in [2.75, 3.05) is 5.32 Å². The lowest BCUT2D eigenvalue weighted by atomic mass is 10.00. The molecule has 0 aliphatic heterocycles. The summed E-state index contributed by atoms with van der Waals surface area (Å²) < 4.78 is 0. The van der Waals surface area contributed by atoms with Crippen LogP contribution in [0.5, 0.6) is 0 Å².